The van der Waals surface area contributed by atoms with E-state index in [9.17, 15) is 9.90 Å². The molecule has 0 aliphatic heterocycles. The van der Waals surface area contributed by atoms with Crippen molar-refractivity contribution in [1.29, 1.82) is 0 Å². The van der Waals surface area contributed by atoms with Gasteiger partial charge in [-0.25, -0.2) is 0 Å². The van der Waals surface area contributed by atoms with Gasteiger partial charge in [0.2, 0.25) is 0 Å². The van der Waals surface area contributed by atoms with E-state index in [0.717, 1.165) is 42.0 Å². The predicted molar refractivity (Wildman–Crippen MR) is 146 cm³/mol. The van der Waals surface area contributed by atoms with Crippen molar-refractivity contribution >= 4 is 17.1 Å². The summed E-state index contributed by atoms with van der Waals surface area (Å²) in [5.41, 5.74) is 5.60. The molecule has 0 saturated heterocycles. The van der Waals surface area contributed by atoms with Gasteiger partial charge in [-0.3, -0.25) is 4.79 Å². The average molecular weight is 488 g/mol. The van der Waals surface area contributed by atoms with E-state index in [0.29, 0.717) is 12.3 Å². The number of carbonyl (C=O) groups is 1. The van der Waals surface area contributed by atoms with Crippen molar-refractivity contribution in [2.75, 3.05) is 26.2 Å². The number of benzene rings is 3. The molecule has 0 radical (unpaired) electrons. The van der Waals surface area contributed by atoms with Crippen molar-refractivity contribution in [3.8, 4) is 11.5 Å². The molecule has 3 aromatic rings. The van der Waals surface area contributed by atoms with Crippen molar-refractivity contribution in [3.63, 3.8) is 0 Å². The molecule has 190 valence electrons. The van der Waals surface area contributed by atoms with Crippen molar-refractivity contribution < 1.29 is 19.4 Å². The lowest BCUT2D eigenvalue weighted by Gasteiger charge is -2.22. The molecule has 0 amide bonds. The van der Waals surface area contributed by atoms with E-state index in [2.05, 4.69) is 49.9 Å². The Kier molecular flexibility index (Phi) is 10.3. The summed E-state index contributed by atoms with van der Waals surface area (Å²) in [5, 5.41) is 10.3. The summed E-state index contributed by atoms with van der Waals surface area (Å²) in [7, 11) is 0. The fourth-order valence-electron chi connectivity index (χ4n) is 4.28. The smallest absolute Gasteiger partial charge is 0.308 e. The second-order valence-electron chi connectivity index (χ2n) is 8.67. The number of nitrogens with zero attached hydrogens (tertiary/aromatic N) is 1. The third-order valence-corrected chi connectivity index (χ3v) is 6.13. The largest absolute Gasteiger partial charge is 0.491 e. The Bertz CT molecular complexity index is 1120. The normalized spacial score (nSPS) is 12.7. The number of aliphatic hydroxyl groups is 1. The minimum absolute atomic E-state index is 0.250. The number of aliphatic hydroxyl groups excluding tert-OH is 1. The Morgan fingerprint density at radius 1 is 0.806 bits per heavy atom. The number of hydrogen-bond acceptors (Lipinski definition) is 5. The lowest BCUT2D eigenvalue weighted by atomic mass is 9.88. The number of ether oxygens (including phenoxy) is 2. The molecule has 1 unspecified atom stereocenters. The first-order chi connectivity index (χ1) is 17.4. The maximum Gasteiger partial charge on any atom is 0.308 e. The first-order valence-electron chi connectivity index (χ1n) is 12.7. The number of likely N-dealkylation sites (N-methyl/N-ethyl adjacent to an activating group) is 1. The molecule has 0 spiro atoms. The molecule has 5 heteroatoms. The average Bonchev–Trinajstić information content (AvgIpc) is 2.90. The highest BCUT2D eigenvalue weighted by atomic mass is 16.5. The van der Waals surface area contributed by atoms with Gasteiger partial charge >= 0.3 is 5.97 Å². The number of carbonyl (C=O) groups excluding carboxylic acids is 1. The fourth-order valence-corrected chi connectivity index (χ4v) is 4.28. The van der Waals surface area contributed by atoms with E-state index >= 15 is 0 Å². The van der Waals surface area contributed by atoms with Crippen LogP contribution >= 0.6 is 0 Å². The molecule has 5 nitrogen and oxygen atoms in total. The van der Waals surface area contributed by atoms with Gasteiger partial charge in [-0.15, -0.1) is 0 Å². The summed E-state index contributed by atoms with van der Waals surface area (Å²) in [6.45, 7) is 10.4. The number of hydrogen-bond donors (Lipinski definition) is 1. The van der Waals surface area contributed by atoms with E-state index < -0.39 is 6.10 Å². The second-order valence-corrected chi connectivity index (χ2v) is 8.67. The van der Waals surface area contributed by atoms with Crippen molar-refractivity contribution in [2.24, 2.45) is 0 Å². The Labute approximate surface area is 215 Å². The lowest BCUT2D eigenvalue weighted by molar-refractivity contribution is -0.131. The van der Waals surface area contributed by atoms with Crippen LogP contribution in [0.3, 0.4) is 0 Å². The van der Waals surface area contributed by atoms with Crippen LogP contribution in [0.2, 0.25) is 0 Å². The van der Waals surface area contributed by atoms with Crippen LogP contribution in [0.5, 0.6) is 11.5 Å². The van der Waals surface area contributed by atoms with Crippen LogP contribution in [-0.4, -0.2) is 48.3 Å². The van der Waals surface area contributed by atoms with Crippen LogP contribution in [0.4, 0.5) is 0 Å². The molecule has 3 aromatic carbocycles. The van der Waals surface area contributed by atoms with E-state index in [1.54, 1.807) is 0 Å². The summed E-state index contributed by atoms with van der Waals surface area (Å²) in [6.07, 6.45) is 0.307. The summed E-state index contributed by atoms with van der Waals surface area (Å²) >= 11 is 0. The summed E-state index contributed by atoms with van der Waals surface area (Å²) in [6, 6.07) is 26.0. The molecule has 1 atom stereocenters. The Morgan fingerprint density at radius 2 is 1.36 bits per heavy atom. The van der Waals surface area contributed by atoms with E-state index in [1.165, 1.54) is 18.1 Å². The van der Waals surface area contributed by atoms with E-state index in [1.807, 2.05) is 54.6 Å². The summed E-state index contributed by atoms with van der Waals surface area (Å²) in [5.74, 6) is 0.907. The zero-order chi connectivity index (χ0) is 25.9. The van der Waals surface area contributed by atoms with Crippen LogP contribution in [0.15, 0.2) is 78.9 Å². The second kappa shape index (κ2) is 13.6. The third-order valence-electron chi connectivity index (χ3n) is 6.13. The maximum absolute atomic E-state index is 11.3. The summed E-state index contributed by atoms with van der Waals surface area (Å²) in [4.78, 5) is 13.5. The quantitative estimate of drug-likeness (QED) is 0.191. The van der Waals surface area contributed by atoms with Gasteiger partial charge in [0, 0.05) is 13.5 Å². The van der Waals surface area contributed by atoms with Crippen LogP contribution in [0.1, 0.15) is 50.8 Å². The van der Waals surface area contributed by atoms with Gasteiger partial charge in [0.25, 0.3) is 0 Å². The van der Waals surface area contributed by atoms with Crippen LogP contribution in [0, 0.1) is 0 Å². The highest BCUT2D eigenvalue weighted by Crippen LogP contribution is 2.35. The molecule has 0 saturated carbocycles. The SMILES string of the molecule is CCC(=C(c1ccc(OCC(O)CN(CC)CC)cc1)c1ccc(OC(C)=O)cc1)c1ccccc1. The van der Waals surface area contributed by atoms with Gasteiger partial charge in [0.05, 0.1) is 0 Å². The Hall–Kier alpha value is -3.41. The van der Waals surface area contributed by atoms with Gasteiger partial charge in [-0.1, -0.05) is 75.4 Å². The number of rotatable bonds is 12. The first-order valence-corrected chi connectivity index (χ1v) is 12.7. The molecule has 0 bridgehead atoms. The van der Waals surface area contributed by atoms with Gasteiger partial charge in [-0.05, 0) is 71.6 Å². The molecule has 36 heavy (non-hydrogen) atoms. The molecule has 3 rings (SSSR count). The zero-order valence-corrected chi connectivity index (χ0v) is 21.7. The topological polar surface area (TPSA) is 59.0 Å². The van der Waals surface area contributed by atoms with E-state index in [4.69, 9.17) is 9.47 Å². The van der Waals surface area contributed by atoms with Crippen LogP contribution in [-0.2, 0) is 4.79 Å². The Balaban J connectivity index is 1.90. The minimum atomic E-state index is -0.541. The molecule has 0 aromatic heterocycles. The van der Waals surface area contributed by atoms with Crippen molar-refractivity contribution in [1.82, 2.24) is 4.90 Å². The fraction of sp³-hybridized carbons (Fsp3) is 0.323. The molecule has 0 fully saturated rings. The standard InChI is InChI=1S/C31H37NO4/c1-5-30(24-11-9-8-10-12-24)31(26-15-19-29(20-16-26)36-23(4)33)25-13-17-28(18-14-25)35-22-27(34)21-32(6-2)7-3/h8-20,27,34H,5-7,21-22H2,1-4H3. The highest BCUT2D eigenvalue weighted by Gasteiger charge is 2.15. The first kappa shape index (κ1) is 27.2. The van der Waals surface area contributed by atoms with Gasteiger partial charge in [0.1, 0.15) is 24.2 Å². The molecular weight excluding hydrogens is 450 g/mol. The number of esters is 1. The molecular formula is C31H37NO4. The van der Waals surface area contributed by atoms with E-state index in [-0.39, 0.29) is 12.6 Å². The van der Waals surface area contributed by atoms with Gasteiger partial charge < -0.3 is 19.5 Å². The Morgan fingerprint density at radius 3 is 1.86 bits per heavy atom. The highest BCUT2D eigenvalue weighted by molar-refractivity contribution is 5.98. The van der Waals surface area contributed by atoms with Crippen molar-refractivity contribution in [3.05, 3.63) is 95.6 Å². The third kappa shape index (κ3) is 7.54. The lowest BCUT2D eigenvalue weighted by Crippen LogP contribution is -2.35. The molecule has 0 heterocycles. The van der Waals surface area contributed by atoms with Crippen LogP contribution in [0.25, 0.3) is 11.1 Å². The monoisotopic (exact) mass is 487 g/mol. The zero-order valence-electron chi connectivity index (χ0n) is 21.7. The van der Waals surface area contributed by atoms with Crippen LogP contribution < -0.4 is 9.47 Å². The van der Waals surface area contributed by atoms with Gasteiger partial charge in [0.15, 0.2) is 0 Å². The predicted octanol–water partition coefficient (Wildman–Crippen LogP) is 6.06. The van der Waals surface area contributed by atoms with Gasteiger partial charge in [-0.2, -0.15) is 0 Å². The maximum atomic E-state index is 11.3. The minimum Gasteiger partial charge on any atom is -0.491 e. The number of allylic oxidation sites excluding steroid dienone is 1. The molecule has 0 aliphatic carbocycles. The molecule has 1 N–H and O–H groups in total. The molecule has 0 aliphatic rings. The summed E-state index contributed by atoms with van der Waals surface area (Å²) < 4.78 is 11.1. The van der Waals surface area contributed by atoms with Crippen molar-refractivity contribution in [2.45, 2.75) is 40.2 Å².